The number of hydrogen-bond acceptors (Lipinski definition) is 6. The molecule has 0 aromatic heterocycles. The van der Waals surface area contributed by atoms with E-state index in [9.17, 15) is 19.5 Å². The molecule has 4 amide bonds. The van der Waals surface area contributed by atoms with Crippen molar-refractivity contribution in [2.24, 2.45) is 23.7 Å². The number of nitrogens with one attached hydrogen (secondary N) is 1. The minimum Gasteiger partial charge on any atom is -0.507 e. The van der Waals surface area contributed by atoms with Crippen LogP contribution in [-0.2, 0) is 37.6 Å². The molecule has 0 radical (unpaired) electrons. The predicted molar refractivity (Wildman–Crippen MR) is 193 cm³/mol. The zero-order valence-corrected chi connectivity index (χ0v) is 28.4. The molecule has 256 valence electrons. The van der Waals surface area contributed by atoms with Crippen LogP contribution in [0.3, 0.4) is 0 Å². The molecule has 0 spiro atoms. The number of hydrogen-bond donors (Lipinski definition) is 2. The van der Waals surface area contributed by atoms with E-state index in [-0.39, 0.29) is 30.5 Å². The molecule has 8 rings (SSSR count). The Morgan fingerprint density at radius 3 is 2.25 bits per heavy atom. The lowest BCUT2D eigenvalue weighted by Crippen LogP contribution is -2.53. The van der Waals surface area contributed by atoms with Gasteiger partial charge in [0, 0.05) is 11.5 Å². The molecule has 2 aliphatic carbocycles. The van der Waals surface area contributed by atoms with Crippen molar-refractivity contribution in [3.63, 3.8) is 0 Å². The first-order valence-corrected chi connectivity index (χ1v) is 17.5. The average molecular weight is 678 g/mol. The number of rotatable bonds is 8. The Labute approximate surface area is 297 Å². The van der Waals surface area contributed by atoms with E-state index in [1.54, 1.807) is 6.08 Å². The van der Waals surface area contributed by atoms with Gasteiger partial charge in [0.15, 0.2) is 0 Å². The molecule has 1 saturated carbocycles. The van der Waals surface area contributed by atoms with Gasteiger partial charge in [-0.15, -0.1) is 6.58 Å². The van der Waals surface area contributed by atoms with E-state index in [1.165, 1.54) is 4.90 Å². The molecular formula is C43H39N3O5. The average Bonchev–Trinajstić information content (AvgIpc) is 3.51. The van der Waals surface area contributed by atoms with E-state index < -0.39 is 46.8 Å². The van der Waals surface area contributed by atoms with E-state index in [1.807, 2.05) is 116 Å². The Kier molecular flexibility index (Phi) is 7.97. The smallest absolute Gasteiger partial charge is 0.260 e. The van der Waals surface area contributed by atoms with E-state index in [4.69, 9.17) is 0 Å². The summed E-state index contributed by atoms with van der Waals surface area (Å²) in [5, 5.41) is 13.1. The third kappa shape index (κ3) is 4.95. The number of hydrazine groups is 1. The van der Waals surface area contributed by atoms with Gasteiger partial charge in [-0.1, -0.05) is 114 Å². The van der Waals surface area contributed by atoms with Crippen molar-refractivity contribution in [3.8, 4) is 5.75 Å². The quantitative estimate of drug-likeness (QED) is 0.161. The summed E-state index contributed by atoms with van der Waals surface area (Å²) in [7, 11) is 0. The van der Waals surface area contributed by atoms with Gasteiger partial charge in [-0.05, 0) is 60.9 Å². The largest absolute Gasteiger partial charge is 0.507 e. The van der Waals surface area contributed by atoms with Crippen LogP contribution in [0.2, 0.25) is 0 Å². The molecule has 3 fully saturated rings. The maximum absolute atomic E-state index is 15.3. The number of likely N-dealkylation sites (tertiary alicyclic amines) is 1. The highest BCUT2D eigenvalue weighted by Gasteiger charge is 2.70. The fourth-order valence-corrected chi connectivity index (χ4v) is 9.24. The molecule has 2 heterocycles. The first-order valence-electron chi connectivity index (χ1n) is 17.5. The normalized spacial score (nSPS) is 26.8. The van der Waals surface area contributed by atoms with E-state index in [2.05, 4.69) is 12.0 Å². The number of carbonyl (C=O) groups excluding carboxylic acids is 4. The highest BCUT2D eigenvalue weighted by atomic mass is 16.3. The monoisotopic (exact) mass is 677 g/mol. The van der Waals surface area contributed by atoms with Crippen LogP contribution < -0.4 is 5.43 Å². The van der Waals surface area contributed by atoms with Gasteiger partial charge in [0.05, 0.1) is 35.4 Å². The molecule has 6 atom stereocenters. The summed E-state index contributed by atoms with van der Waals surface area (Å²) in [5.74, 6) is -4.76. The van der Waals surface area contributed by atoms with Gasteiger partial charge in [0.1, 0.15) is 5.75 Å². The van der Waals surface area contributed by atoms with Crippen LogP contribution in [0.1, 0.15) is 46.6 Å². The number of benzene rings is 4. The molecule has 4 aromatic rings. The van der Waals surface area contributed by atoms with Crippen LogP contribution >= 0.6 is 0 Å². The van der Waals surface area contributed by atoms with Crippen molar-refractivity contribution in [2.75, 3.05) is 5.43 Å². The summed E-state index contributed by atoms with van der Waals surface area (Å²) < 4.78 is 0. The number of phenolic OH excluding ortho intramolecular Hbond substituents is 1. The summed E-state index contributed by atoms with van der Waals surface area (Å²) in [4.78, 5) is 59.9. The Hall–Kier alpha value is -5.76. The van der Waals surface area contributed by atoms with Crippen LogP contribution in [-0.4, -0.2) is 38.6 Å². The third-order valence-electron chi connectivity index (χ3n) is 11.5. The topological polar surface area (TPSA) is 107 Å². The number of nitrogens with zero attached hydrogens (tertiary/aromatic N) is 2. The van der Waals surface area contributed by atoms with Crippen LogP contribution in [0.25, 0.3) is 0 Å². The number of aryl methyl sites for hydroxylation is 1. The summed E-state index contributed by atoms with van der Waals surface area (Å²) >= 11 is 0. The Bertz CT molecular complexity index is 2090. The molecule has 8 nitrogen and oxygen atoms in total. The minimum absolute atomic E-state index is 0.0323. The second-order valence-electron chi connectivity index (χ2n) is 14.2. The molecule has 0 bridgehead atoms. The zero-order chi connectivity index (χ0) is 35.4. The van der Waals surface area contributed by atoms with Gasteiger partial charge in [-0.3, -0.25) is 29.5 Å². The number of para-hydroxylation sites is 1. The highest BCUT2D eigenvalue weighted by molar-refractivity contribution is 6.13. The van der Waals surface area contributed by atoms with Gasteiger partial charge in [-0.25, -0.2) is 0 Å². The van der Waals surface area contributed by atoms with Crippen molar-refractivity contribution in [2.45, 2.75) is 44.1 Å². The summed E-state index contributed by atoms with van der Waals surface area (Å²) in [6.07, 6.45) is 4.64. The van der Waals surface area contributed by atoms with Crippen molar-refractivity contribution >= 4 is 29.3 Å². The van der Waals surface area contributed by atoms with Crippen molar-refractivity contribution in [3.05, 3.63) is 155 Å². The number of anilines is 1. The first kappa shape index (κ1) is 32.4. The van der Waals surface area contributed by atoms with Crippen LogP contribution in [0.15, 0.2) is 127 Å². The van der Waals surface area contributed by atoms with Crippen molar-refractivity contribution in [1.82, 2.24) is 9.91 Å². The van der Waals surface area contributed by atoms with Crippen LogP contribution in [0.4, 0.5) is 5.69 Å². The fraction of sp³-hybridized carbons (Fsp3) is 0.256. The molecule has 2 aliphatic heterocycles. The number of carbonyl (C=O) groups is 4. The second-order valence-corrected chi connectivity index (χ2v) is 14.2. The first-order chi connectivity index (χ1) is 24.7. The maximum Gasteiger partial charge on any atom is 0.260 e. The molecular weight excluding hydrogens is 638 g/mol. The van der Waals surface area contributed by atoms with E-state index in [0.29, 0.717) is 35.2 Å². The van der Waals surface area contributed by atoms with Crippen molar-refractivity contribution in [1.29, 1.82) is 0 Å². The Morgan fingerprint density at radius 2 is 1.55 bits per heavy atom. The fourth-order valence-electron chi connectivity index (χ4n) is 9.24. The Balaban J connectivity index is 1.31. The molecule has 4 aromatic carbocycles. The van der Waals surface area contributed by atoms with Gasteiger partial charge >= 0.3 is 0 Å². The molecule has 8 heteroatoms. The lowest BCUT2D eigenvalue weighted by atomic mass is 9.49. The SMILES string of the molecule is C=CCc1cccc([C@H]2C3=CC[C@@H]4C(=O)N(Cc5ccccc5)C(=O)[C@@H]4[C@@H]3C[C@H]3C(=O)N(Nc4ccc(C)cc4)C(=O)[C@@]23c2ccccc2)c1O. The van der Waals surface area contributed by atoms with Gasteiger partial charge in [-0.2, -0.15) is 5.01 Å². The summed E-state index contributed by atoms with van der Waals surface area (Å²) in [5.41, 5.74) is 6.76. The molecule has 51 heavy (non-hydrogen) atoms. The van der Waals surface area contributed by atoms with Crippen molar-refractivity contribution < 1.29 is 24.3 Å². The standard InChI is InChI=1S/C43H39N3O5/c1-3-11-28-14-10-17-33(38(28)47)37-31-22-23-32-36(41(50)45(39(32)48)25-27-12-6-4-7-13-27)34(31)24-35-40(49)46(44-30-20-18-26(2)19-21-30)42(51)43(35,37)29-15-8-5-9-16-29/h3-10,12-22,32,34-37,44,47H,1,11,23-25H2,2H3/t32-,34+,35-,36-,37+,43+/m0/s1. The van der Waals surface area contributed by atoms with E-state index >= 15 is 4.79 Å². The molecule has 2 saturated heterocycles. The summed E-state index contributed by atoms with van der Waals surface area (Å²) in [6.45, 7) is 6.01. The Morgan fingerprint density at radius 1 is 0.843 bits per heavy atom. The maximum atomic E-state index is 15.3. The number of phenols is 1. The number of imide groups is 2. The predicted octanol–water partition coefficient (Wildman–Crippen LogP) is 6.61. The number of aromatic hydroxyl groups is 1. The minimum atomic E-state index is -1.45. The van der Waals surface area contributed by atoms with Gasteiger partial charge < -0.3 is 5.11 Å². The lowest BCUT2D eigenvalue weighted by Gasteiger charge is -2.50. The highest BCUT2D eigenvalue weighted by Crippen LogP contribution is 2.65. The number of allylic oxidation sites excluding steroid dienone is 3. The van der Waals surface area contributed by atoms with E-state index in [0.717, 1.165) is 21.7 Å². The molecule has 0 unspecified atom stereocenters. The number of fused-ring (bicyclic) bond motifs is 4. The summed E-state index contributed by atoms with van der Waals surface area (Å²) in [6, 6.07) is 31.8. The lowest BCUT2D eigenvalue weighted by molar-refractivity contribution is -0.142. The van der Waals surface area contributed by atoms with Gasteiger partial charge in [0.2, 0.25) is 11.8 Å². The number of amides is 4. The second kappa shape index (κ2) is 12.5. The van der Waals surface area contributed by atoms with Crippen LogP contribution in [0.5, 0.6) is 5.75 Å². The van der Waals surface area contributed by atoms with Crippen LogP contribution in [0, 0.1) is 30.6 Å². The zero-order valence-electron chi connectivity index (χ0n) is 28.4. The molecule has 4 aliphatic rings. The molecule has 2 N–H and O–H groups in total. The third-order valence-corrected chi connectivity index (χ3v) is 11.5. The van der Waals surface area contributed by atoms with Gasteiger partial charge in [0.25, 0.3) is 11.8 Å².